The van der Waals surface area contributed by atoms with Gasteiger partial charge in [0.15, 0.2) is 0 Å². The molecule has 0 rings (SSSR count). The van der Waals surface area contributed by atoms with Gasteiger partial charge in [-0.05, 0) is 44.9 Å². The molecule has 0 bridgehead atoms. The van der Waals surface area contributed by atoms with Gasteiger partial charge in [0.25, 0.3) is 0 Å². The molecule has 0 heterocycles. The molecule has 0 aromatic heterocycles. The van der Waals surface area contributed by atoms with Crippen LogP contribution in [0.5, 0.6) is 0 Å². The fourth-order valence-corrected chi connectivity index (χ4v) is 1.91. The number of carboxylic acids is 1. The van der Waals surface area contributed by atoms with Crippen molar-refractivity contribution in [1.29, 1.82) is 0 Å². The minimum atomic E-state index is -0.698. The Morgan fingerprint density at radius 3 is 1.64 bits per heavy atom. The maximum absolute atomic E-state index is 10.3. The molecular weight excluding hydrogens is 272 g/mol. The largest absolute Gasteiger partial charge is 0.481 e. The summed E-state index contributed by atoms with van der Waals surface area (Å²) in [4.78, 5) is 10.3. The van der Waals surface area contributed by atoms with E-state index in [-0.39, 0.29) is 6.42 Å². The van der Waals surface area contributed by atoms with E-state index in [4.69, 9.17) is 5.11 Å². The monoisotopic (exact) mass is 304 g/mol. The van der Waals surface area contributed by atoms with Crippen molar-refractivity contribution >= 4 is 5.97 Å². The number of rotatable bonds is 14. The third-order valence-corrected chi connectivity index (χ3v) is 3.22. The summed E-state index contributed by atoms with van der Waals surface area (Å²) < 4.78 is 0. The van der Waals surface area contributed by atoms with E-state index in [2.05, 4.69) is 55.5 Å². The van der Waals surface area contributed by atoms with Crippen LogP contribution in [0.4, 0.5) is 0 Å². The number of allylic oxidation sites excluding steroid dienone is 8. The Balaban J connectivity index is 3.39. The standard InChI is InChI=1S/C20H32O2/c1-2-3-4-5-6-7-8-9-10-11-12-13-14-15-16-17-18-19-20(21)22/h5-6,8-9,11-12,14-15H,2-4,7,10,13,16-19H2,1H3,(H,21,22)/b6-5+,9-8+,12-11+,15-14+. The fourth-order valence-electron chi connectivity index (χ4n) is 1.91. The number of hydrogen-bond acceptors (Lipinski definition) is 1. The summed E-state index contributed by atoms with van der Waals surface area (Å²) in [6.07, 6.45) is 27.3. The van der Waals surface area contributed by atoms with Gasteiger partial charge < -0.3 is 5.11 Å². The molecule has 1 N–H and O–H groups in total. The number of hydrogen-bond donors (Lipinski definition) is 1. The van der Waals surface area contributed by atoms with Crippen LogP contribution < -0.4 is 0 Å². The molecular formula is C20H32O2. The van der Waals surface area contributed by atoms with Crippen LogP contribution in [0.1, 0.15) is 71.1 Å². The van der Waals surface area contributed by atoms with Crippen LogP contribution in [0, 0.1) is 0 Å². The van der Waals surface area contributed by atoms with Crippen LogP contribution in [-0.2, 0) is 4.79 Å². The van der Waals surface area contributed by atoms with E-state index >= 15 is 0 Å². The maximum atomic E-state index is 10.3. The van der Waals surface area contributed by atoms with Crippen molar-refractivity contribution in [3.8, 4) is 0 Å². The van der Waals surface area contributed by atoms with Crippen LogP contribution in [0.2, 0.25) is 0 Å². The second-order valence-corrected chi connectivity index (χ2v) is 5.37. The molecule has 0 atom stereocenters. The number of carbonyl (C=O) groups is 1. The van der Waals surface area contributed by atoms with E-state index in [1.54, 1.807) is 0 Å². The highest BCUT2D eigenvalue weighted by Gasteiger charge is 1.93. The summed E-state index contributed by atoms with van der Waals surface area (Å²) in [7, 11) is 0. The molecule has 0 aromatic rings. The molecule has 0 radical (unpaired) electrons. The van der Waals surface area contributed by atoms with Gasteiger partial charge in [0, 0.05) is 6.42 Å². The van der Waals surface area contributed by atoms with Gasteiger partial charge in [0.2, 0.25) is 0 Å². The summed E-state index contributed by atoms with van der Waals surface area (Å²) in [6, 6.07) is 0. The first-order valence-corrected chi connectivity index (χ1v) is 8.59. The SMILES string of the molecule is CCCC/C=C/C/C=C/C/C=C/C/C=C/CCCCC(=O)O. The Bertz CT molecular complexity index is 362. The lowest BCUT2D eigenvalue weighted by atomic mass is 10.2. The summed E-state index contributed by atoms with van der Waals surface area (Å²) in [5, 5.41) is 8.50. The summed E-state index contributed by atoms with van der Waals surface area (Å²) in [5.74, 6) is -0.698. The lowest BCUT2D eigenvalue weighted by Gasteiger charge is -1.92. The molecule has 0 aromatic carbocycles. The van der Waals surface area contributed by atoms with Crippen LogP contribution in [0.3, 0.4) is 0 Å². The van der Waals surface area contributed by atoms with E-state index in [1.807, 2.05) is 0 Å². The summed E-state index contributed by atoms with van der Waals surface area (Å²) in [5.41, 5.74) is 0. The molecule has 22 heavy (non-hydrogen) atoms. The predicted molar refractivity (Wildman–Crippen MR) is 96.0 cm³/mol. The molecule has 124 valence electrons. The highest BCUT2D eigenvalue weighted by atomic mass is 16.4. The third kappa shape index (κ3) is 18.4. The lowest BCUT2D eigenvalue weighted by Crippen LogP contribution is -1.92. The summed E-state index contributed by atoms with van der Waals surface area (Å²) in [6.45, 7) is 2.22. The molecule has 0 saturated heterocycles. The number of aliphatic carboxylic acids is 1. The lowest BCUT2D eigenvalue weighted by molar-refractivity contribution is -0.137. The van der Waals surface area contributed by atoms with E-state index in [1.165, 1.54) is 19.3 Å². The van der Waals surface area contributed by atoms with E-state index in [9.17, 15) is 4.79 Å². The normalized spacial score (nSPS) is 12.4. The molecule has 0 aliphatic carbocycles. The van der Waals surface area contributed by atoms with Gasteiger partial charge in [-0.15, -0.1) is 0 Å². The minimum Gasteiger partial charge on any atom is -0.481 e. The third-order valence-electron chi connectivity index (χ3n) is 3.22. The highest BCUT2D eigenvalue weighted by molar-refractivity contribution is 5.66. The first-order valence-electron chi connectivity index (χ1n) is 8.59. The van der Waals surface area contributed by atoms with Gasteiger partial charge in [0.1, 0.15) is 0 Å². The second kappa shape index (κ2) is 17.5. The molecule has 2 nitrogen and oxygen atoms in total. The van der Waals surface area contributed by atoms with Gasteiger partial charge in [-0.1, -0.05) is 68.4 Å². The minimum absolute atomic E-state index is 0.286. The van der Waals surface area contributed by atoms with Crippen LogP contribution in [-0.4, -0.2) is 11.1 Å². The average Bonchev–Trinajstić information content (AvgIpc) is 2.50. The van der Waals surface area contributed by atoms with E-state index in [0.29, 0.717) is 0 Å². The van der Waals surface area contributed by atoms with Crippen molar-refractivity contribution in [1.82, 2.24) is 0 Å². The number of carboxylic acid groups (broad SMARTS) is 1. The first kappa shape index (κ1) is 20.4. The molecule has 2 heteroatoms. The quantitative estimate of drug-likeness (QED) is 0.305. The zero-order valence-electron chi connectivity index (χ0n) is 14.0. The van der Waals surface area contributed by atoms with Gasteiger partial charge in [0.05, 0.1) is 0 Å². The average molecular weight is 304 g/mol. The molecule has 0 aliphatic heterocycles. The Morgan fingerprint density at radius 1 is 0.727 bits per heavy atom. The van der Waals surface area contributed by atoms with Gasteiger partial charge in [-0.25, -0.2) is 0 Å². The molecule has 0 fully saturated rings. The van der Waals surface area contributed by atoms with Crippen molar-refractivity contribution in [2.24, 2.45) is 0 Å². The van der Waals surface area contributed by atoms with Crippen molar-refractivity contribution in [2.45, 2.75) is 71.1 Å². The van der Waals surface area contributed by atoms with Crippen molar-refractivity contribution in [3.63, 3.8) is 0 Å². The smallest absolute Gasteiger partial charge is 0.303 e. The van der Waals surface area contributed by atoms with Crippen LogP contribution in [0.15, 0.2) is 48.6 Å². The van der Waals surface area contributed by atoms with Crippen LogP contribution >= 0.6 is 0 Å². The van der Waals surface area contributed by atoms with E-state index < -0.39 is 5.97 Å². The molecule has 0 saturated carbocycles. The Morgan fingerprint density at radius 2 is 1.18 bits per heavy atom. The van der Waals surface area contributed by atoms with E-state index in [0.717, 1.165) is 38.5 Å². The second-order valence-electron chi connectivity index (χ2n) is 5.37. The first-order chi connectivity index (χ1) is 10.8. The van der Waals surface area contributed by atoms with Crippen molar-refractivity contribution in [2.75, 3.05) is 0 Å². The number of unbranched alkanes of at least 4 members (excludes halogenated alkanes) is 4. The topological polar surface area (TPSA) is 37.3 Å². The zero-order chi connectivity index (χ0) is 16.3. The molecule has 0 amide bonds. The van der Waals surface area contributed by atoms with Gasteiger partial charge in [-0.3, -0.25) is 4.79 Å². The molecule has 0 unspecified atom stereocenters. The Labute approximate surface area is 136 Å². The zero-order valence-corrected chi connectivity index (χ0v) is 14.0. The van der Waals surface area contributed by atoms with Crippen molar-refractivity contribution in [3.05, 3.63) is 48.6 Å². The Hall–Kier alpha value is -1.57. The Kier molecular flexibility index (Phi) is 16.2. The van der Waals surface area contributed by atoms with Gasteiger partial charge in [-0.2, -0.15) is 0 Å². The van der Waals surface area contributed by atoms with Crippen molar-refractivity contribution < 1.29 is 9.90 Å². The highest BCUT2D eigenvalue weighted by Crippen LogP contribution is 2.02. The molecule has 0 spiro atoms. The predicted octanol–water partition coefficient (Wildman–Crippen LogP) is 6.22. The summed E-state index contributed by atoms with van der Waals surface area (Å²) >= 11 is 0. The molecule has 0 aliphatic rings. The fraction of sp³-hybridized carbons (Fsp3) is 0.550. The van der Waals surface area contributed by atoms with Crippen LogP contribution in [0.25, 0.3) is 0 Å². The van der Waals surface area contributed by atoms with Gasteiger partial charge >= 0.3 is 5.97 Å². The maximum Gasteiger partial charge on any atom is 0.303 e.